The van der Waals surface area contributed by atoms with Crippen molar-refractivity contribution >= 4 is 33.8 Å². The molecule has 12 nitrogen and oxygen atoms in total. The SMILES string of the molecule is NS(=O)(=O)c1ccc(CNC(=O)c2ccccc2C(=O)Oc2ccc(CNC(=O)c3ccccc3C(=O)O)c(OC(F)F)c2)cc1. The average Bonchev–Trinajstić information content (AvgIpc) is 3.02. The first-order valence-corrected chi connectivity index (χ1v) is 14.8. The summed E-state index contributed by atoms with van der Waals surface area (Å²) in [6.07, 6.45) is 0. The first kappa shape index (κ1) is 33.2. The summed E-state index contributed by atoms with van der Waals surface area (Å²) in [6, 6.07) is 20.2. The Kier molecular flexibility index (Phi) is 10.4. The molecule has 0 saturated carbocycles. The van der Waals surface area contributed by atoms with Crippen LogP contribution in [-0.2, 0) is 23.1 Å². The standard InChI is InChI=1S/C31H25F2N3O9S/c32-31(33)45-26-15-20(12-11-19(26)17-36-27(37)22-5-1-3-7-24(22)29(39)40)44-30(41)25-8-4-2-6-23(25)28(38)35-16-18-9-13-21(14-10-18)46(34,42)43/h1-15,31H,16-17H2,(H,35,38)(H,36,37)(H,39,40)(H2,34,42,43). The zero-order valence-corrected chi connectivity index (χ0v) is 24.4. The van der Waals surface area contributed by atoms with Gasteiger partial charge in [-0.1, -0.05) is 36.4 Å². The summed E-state index contributed by atoms with van der Waals surface area (Å²) in [5, 5.41) is 19.5. The second kappa shape index (κ2) is 14.4. The molecule has 238 valence electrons. The predicted molar refractivity (Wildman–Crippen MR) is 158 cm³/mol. The predicted octanol–water partition coefficient (Wildman–Crippen LogP) is 3.71. The minimum atomic E-state index is -3.89. The maximum Gasteiger partial charge on any atom is 0.387 e. The van der Waals surface area contributed by atoms with E-state index in [2.05, 4.69) is 15.4 Å². The molecule has 5 N–H and O–H groups in total. The summed E-state index contributed by atoms with van der Waals surface area (Å²) in [6.45, 7) is -3.62. The van der Waals surface area contributed by atoms with Crippen molar-refractivity contribution in [3.8, 4) is 11.5 Å². The number of hydrogen-bond donors (Lipinski definition) is 4. The lowest BCUT2D eigenvalue weighted by Crippen LogP contribution is -2.26. The smallest absolute Gasteiger partial charge is 0.387 e. The Labute approximate surface area is 260 Å². The van der Waals surface area contributed by atoms with Gasteiger partial charge in [-0.2, -0.15) is 8.78 Å². The monoisotopic (exact) mass is 653 g/mol. The molecule has 4 rings (SSSR count). The van der Waals surface area contributed by atoms with Crippen LogP contribution < -0.4 is 25.2 Å². The Morgan fingerprint density at radius 3 is 1.87 bits per heavy atom. The number of nitrogens with two attached hydrogens (primary N) is 1. The van der Waals surface area contributed by atoms with Crippen LogP contribution in [0.25, 0.3) is 0 Å². The minimum absolute atomic E-state index is 0.0126. The van der Waals surface area contributed by atoms with E-state index in [0.717, 1.165) is 6.07 Å². The molecule has 0 heterocycles. The maximum atomic E-state index is 13.2. The maximum absolute atomic E-state index is 13.2. The van der Waals surface area contributed by atoms with Crippen molar-refractivity contribution in [2.75, 3.05) is 0 Å². The molecule has 4 aromatic rings. The van der Waals surface area contributed by atoms with E-state index in [9.17, 15) is 41.5 Å². The molecule has 0 atom stereocenters. The number of carboxylic acids is 1. The van der Waals surface area contributed by atoms with Gasteiger partial charge in [0.2, 0.25) is 10.0 Å². The molecule has 0 aromatic heterocycles. The number of amides is 2. The van der Waals surface area contributed by atoms with Crippen molar-refractivity contribution in [1.82, 2.24) is 10.6 Å². The first-order valence-electron chi connectivity index (χ1n) is 13.2. The van der Waals surface area contributed by atoms with Crippen LogP contribution in [0.4, 0.5) is 8.78 Å². The second-order valence-corrected chi connectivity index (χ2v) is 11.0. The molecule has 4 aromatic carbocycles. The van der Waals surface area contributed by atoms with Crippen molar-refractivity contribution in [2.24, 2.45) is 5.14 Å². The van der Waals surface area contributed by atoms with Gasteiger partial charge in [0, 0.05) is 24.7 Å². The van der Waals surface area contributed by atoms with Crippen LogP contribution in [0.5, 0.6) is 11.5 Å². The van der Waals surface area contributed by atoms with Crippen LogP contribution in [0.1, 0.15) is 52.6 Å². The molecule has 0 aliphatic heterocycles. The van der Waals surface area contributed by atoms with Crippen molar-refractivity contribution in [2.45, 2.75) is 24.6 Å². The number of aromatic carboxylic acids is 1. The van der Waals surface area contributed by atoms with Gasteiger partial charge >= 0.3 is 18.6 Å². The fraction of sp³-hybridized carbons (Fsp3) is 0.0968. The Hall–Kier alpha value is -5.67. The summed E-state index contributed by atoms with van der Waals surface area (Å²) in [4.78, 5) is 49.9. The molecule has 0 bridgehead atoms. The highest BCUT2D eigenvalue weighted by molar-refractivity contribution is 7.89. The number of primary sulfonamides is 1. The number of nitrogens with one attached hydrogen (secondary N) is 2. The number of alkyl halides is 2. The fourth-order valence-corrected chi connectivity index (χ4v) is 4.70. The fourth-order valence-electron chi connectivity index (χ4n) is 4.18. The molecule has 15 heteroatoms. The minimum Gasteiger partial charge on any atom is -0.478 e. The highest BCUT2D eigenvalue weighted by atomic mass is 32.2. The van der Waals surface area contributed by atoms with Gasteiger partial charge in [-0.15, -0.1) is 0 Å². The second-order valence-electron chi connectivity index (χ2n) is 9.49. The van der Waals surface area contributed by atoms with Crippen LogP contribution >= 0.6 is 0 Å². The summed E-state index contributed by atoms with van der Waals surface area (Å²) in [5.74, 6) is -4.37. The molecule has 2 amide bonds. The van der Waals surface area contributed by atoms with Gasteiger partial charge in [-0.25, -0.2) is 23.1 Å². The molecule has 0 aliphatic carbocycles. The number of halogens is 2. The number of carbonyl (C=O) groups is 4. The Morgan fingerprint density at radius 2 is 1.30 bits per heavy atom. The van der Waals surface area contributed by atoms with Gasteiger partial charge in [0.05, 0.1) is 27.1 Å². The molecule has 0 spiro atoms. The van der Waals surface area contributed by atoms with E-state index in [0.29, 0.717) is 5.56 Å². The number of hydrogen-bond acceptors (Lipinski definition) is 8. The van der Waals surface area contributed by atoms with E-state index in [1.165, 1.54) is 84.9 Å². The lowest BCUT2D eigenvalue weighted by molar-refractivity contribution is -0.0505. The van der Waals surface area contributed by atoms with Crippen molar-refractivity contribution in [3.63, 3.8) is 0 Å². The zero-order valence-electron chi connectivity index (χ0n) is 23.6. The molecule has 0 aliphatic rings. The van der Waals surface area contributed by atoms with Crippen molar-refractivity contribution < 1.29 is 51.0 Å². The molecular weight excluding hydrogens is 628 g/mol. The number of sulfonamides is 1. The third kappa shape index (κ3) is 8.49. The summed E-state index contributed by atoms with van der Waals surface area (Å²) >= 11 is 0. The summed E-state index contributed by atoms with van der Waals surface area (Å²) in [7, 11) is -3.89. The highest BCUT2D eigenvalue weighted by Crippen LogP contribution is 2.28. The summed E-state index contributed by atoms with van der Waals surface area (Å²) < 4.78 is 59.2. The normalized spacial score (nSPS) is 11.0. The third-order valence-electron chi connectivity index (χ3n) is 6.40. The first-order chi connectivity index (χ1) is 21.8. The number of benzene rings is 4. The quantitative estimate of drug-likeness (QED) is 0.130. The number of carbonyl (C=O) groups excluding carboxylic acids is 3. The molecule has 0 unspecified atom stereocenters. The Bertz CT molecular complexity index is 1900. The average molecular weight is 654 g/mol. The highest BCUT2D eigenvalue weighted by Gasteiger charge is 2.21. The lowest BCUT2D eigenvalue weighted by atomic mass is 10.1. The number of carboxylic acid groups (broad SMARTS) is 1. The summed E-state index contributed by atoms with van der Waals surface area (Å²) in [5.41, 5.74) is 0.0273. The van der Waals surface area contributed by atoms with E-state index in [1.54, 1.807) is 0 Å². The van der Waals surface area contributed by atoms with E-state index in [1.807, 2.05) is 0 Å². The van der Waals surface area contributed by atoms with Gasteiger partial charge in [0.1, 0.15) is 11.5 Å². The number of esters is 1. The van der Waals surface area contributed by atoms with Crippen LogP contribution in [0, 0.1) is 0 Å². The topological polar surface area (TPSA) is 191 Å². The Balaban J connectivity index is 1.47. The Morgan fingerprint density at radius 1 is 0.761 bits per heavy atom. The molecule has 0 fully saturated rings. The largest absolute Gasteiger partial charge is 0.478 e. The molecule has 0 saturated heterocycles. The van der Waals surface area contributed by atoms with Gasteiger partial charge in [0.25, 0.3) is 11.8 Å². The van der Waals surface area contributed by atoms with Crippen molar-refractivity contribution in [3.05, 3.63) is 124 Å². The lowest BCUT2D eigenvalue weighted by Gasteiger charge is -2.14. The van der Waals surface area contributed by atoms with E-state index < -0.39 is 46.1 Å². The van der Waals surface area contributed by atoms with Gasteiger partial charge < -0.3 is 25.2 Å². The van der Waals surface area contributed by atoms with Gasteiger partial charge in [-0.05, 0) is 54.1 Å². The van der Waals surface area contributed by atoms with Crippen LogP contribution in [0.2, 0.25) is 0 Å². The van der Waals surface area contributed by atoms with Crippen LogP contribution in [0.15, 0.2) is 95.9 Å². The number of rotatable bonds is 12. The number of ether oxygens (including phenoxy) is 2. The van der Waals surface area contributed by atoms with E-state index >= 15 is 0 Å². The van der Waals surface area contributed by atoms with Gasteiger partial charge in [0.15, 0.2) is 0 Å². The van der Waals surface area contributed by atoms with Gasteiger partial charge in [-0.3, -0.25) is 9.59 Å². The van der Waals surface area contributed by atoms with Crippen LogP contribution in [0.3, 0.4) is 0 Å². The van der Waals surface area contributed by atoms with Crippen LogP contribution in [-0.4, -0.2) is 43.9 Å². The molecule has 0 radical (unpaired) electrons. The zero-order chi connectivity index (χ0) is 33.4. The molecule has 46 heavy (non-hydrogen) atoms. The third-order valence-corrected chi connectivity index (χ3v) is 7.33. The van der Waals surface area contributed by atoms with Crippen molar-refractivity contribution in [1.29, 1.82) is 0 Å². The molecular formula is C31H25F2N3O9S. The van der Waals surface area contributed by atoms with E-state index in [-0.39, 0.29) is 51.6 Å². The van der Waals surface area contributed by atoms with E-state index in [4.69, 9.17) is 9.88 Å².